The second-order valence-electron chi connectivity index (χ2n) is 5.60. The molecule has 2 rings (SSSR count). The van der Waals surface area contributed by atoms with Gasteiger partial charge in [0.2, 0.25) is 0 Å². The summed E-state index contributed by atoms with van der Waals surface area (Å²) in [5, 5.41) is 16.4. The molecule has 6 heteroatoms. The van der Waals surface area contributed by atoms with Crippen molar-refractivity contribution in [2.75, 3.05) is 0 Å². The van der Waals surface area contributed by atoms with Crippen LogP contribution in [0.2, 0.25) is 5.02 Å². The van der Waals surface area contributed by atoms with Crippen molar-refractivity contribution in [1.29, 1.82) is 0 Å². The van der Waals surface area contributed by atoms with Gasteiger partial charge < -0.3 is 15.9 Å². The Morgan fingerprint density at radius 1 is 1.04 bits per heavy atom. The van der Waals surface area contributed by atoms with Gasteiger partial charge in [0.15, 0.2) is 0 Å². The second-order valence-corrected chi connectivity index (χ2v) is 6.04. The molecule has 0 amide bonds. The maximum absolute atomic E-state index is 9.55. The van der Waals surface area contributed by atoms with Gasteiger partial charge >= 0.3 is 11.9 Å². The summed E-state index contributed by atoms with van der Waals surface area (Å²) in [7, 11) is 0. The Morgan fingerprint density at radius 3 is 2.08 bits per heavy atom. The zero-order chi connectivity index (χ0) is 18.9. The molecule has 1 unspecified atom stereocenters. The molecular weight excluding hydrogens is 342 g/mol. The fourth-order valence-corrected chi connectivity index (χ4v) is 2.35. The van der Waals surface area contributed by atoms with Crippen LogP contribution >= 0.6 is 11.6 Å². The lowest BCUT2D eigenvalue weighted by molar-refractivity contribution is -0.134. The number of benzene rings is 2. The predicted octanol–water partition coefficient (Wildman–Crippen LogP) is 3.47. The highest BCUT2D eigenvalue weighted by Crippen LogP contribution is 2.23. The van der Waals surface area contributed by atoms with E-state index in [1.807, 2.05) is 43.3 Å². The standard InChI is InChI=1S/C15H16ClN.C4H4O4/c1-15(17,13-7-3-2-4-8-13)11-12-6-5-9-14(16)10-12;5-3(6)1-2-4(7)8/h2-10H,11,17H2,1H3;1-2H,(H,5,6)(H,7,8)/b;2-1-. The van der Waals surface area contributed by atoms with Crippen molar-refractivity contribution in [3.05, 3.63) is 82.9 Å². The highest BCUT2D eigenvalue weighted by molar-refractivity contribution is 6.30. The quantitative estimate of drug-likeness (QED) is 0.708. The third-order valence-electron chi connectivity index (χ3n) is 3.26. The molecule has 0 bridgehead atoms. The molecule has 132 valence electrons. The van der Waals surface area contributed by atoms with Gasteiger partial charge in [0.25, 0.3) is 0 Å². The first-order valence-corrected chi connectivity index (χ1v) is 7.81. The molecule has 0 saturated carbocycles. The number of hydrogen-bond donors (Lipinski definition) is 3. The summed E-state index contributed by atoms with van der Waals surface area (Å²) in [6.45, 7) is 2.04. The molecule has 1 atom stereocenters. The molecule has 0 saturated heterocycles. The van der Waals surface area contributed by atoms with Gasteiger partial charge in [-0.3, -0.25) is 0 Å². The van der Waals surface area contributed by atoms with E-state index < -0.39 is 11.9 Å². The SMILES string of the molecule is CC(N)(Cc1cccc(Cl)c1)c1ccccc1.O=C(O)/C=C\C(=O)O. The zero-order valence-electron chi connectivity index (χ0n) is 13.7. The Labute approximate surface area is 151 Å². The first kappa shape index (κ1) is 20.4. The molecule has 25 heavy (non-hydrogen) atoms. The van der Waals surface area contributed by atoms with E-state index in [1.54, 1.807) is 0 Å². The van der Waals surface area contributed by atoms with Crippen molar-refractivity contribution in [2.24, 2.45) is 5.73 Å². The van der Waals surface area contributed by atoms with Crippen molar-refractivity contribution in [3.63, 3.8) is 0 Å². The predicted molar refractivity (Wildman–Crippen MR) is 97.5 cm³/mol. The van der Waals surface area contributed by atoms with E-state index in [0.717, 1.165) is 22.6 Å². The van der Waals surface area contributed by atoms with Crippen molar-refractivity contribution < 1.29 is 19.8 Å². The van der Waals surface area contributed by atoms with Gasteiger partial charge in [-0.1, -0.05) is 54.1 Å². The number of hydrogen-bond acceptors (Lipinski definition) is 3. The molecule has 0 aliphatic heterocycles. The summed E-state index contributed by atoms with van der Waals surface area (Å²) in [5.74, 6) is -2.51. The average molecular weight is 362 g/mol. The number of rotatable bonds is 5. The molecule has 0 aromatic heterocycles. The highest BCUT2D eigenvalue weighted by atomic mass is 35.5. The van der Waals surface area contributed by atoms with Crippen LogP contribution in [0.4, 0.5) is 0 Å². The van der Waals surface area contributed by atoms with Gasteiger partial charge in [-0.15, -0.1) is 0 Å². The molecule has 2 aromatic rings. The third kappa shape index (κ3) is 8.15. The van der Waals surface area contributed by atoms with Crippen LogP contribution in [0.25, 0.3) is 0 Å². The summed E-state index contributed by atoms with van der Waals surface area (Å²) in [6.07, 6.45) is 1.89. The normalized spacial score (nSPS) is 12.8. The number of carboxylic acids is 2. The lowest BCUT2D eigenvalue weighted by Crippen LogP contribution is -2.35. The summed E-state index contributed by atoms with van der Waals surface area (Å²) < 4.78 is 0. The first-order valence-electron chi connectivity index (χ1n) is 7.43. The fourth-order valence-electron chi connectivity index (χ4n) is 2.13. The van der Waals surface area contributed by atoms with E-state index >= 15 is 0 Å². The van der Waals surface area contributed by atoms with Gasteiger partial charge in [-0.05, 0) is 36.6 Å². The van der Waals surface area contributed by atoms with Crippen molar-refractivity contribution in [2.45, 2.75) is 18.9 Å². The molecule has 0 radical (unpaired) electrons. The number of carboxylic acid groups (broad SMARTS) is 2. The summed E-state index contributed by atoms with van der Waals surface area (Å²) >= 11 is 5.98. The summed E-state index contributed by atoms with van der Waals surface area (Å²) in [4.78, 5) is 19.1. The van der Waals surface area contributed by atoms with Crippen molar-refractivity contribution >= 4 is 23.5 Å². The maximum atomic E-state index is 9.55. The monoisotopic (exact) mass is 361 g/mol. The van der Waals surface area contributed by atoms with Crippen molar-refractivity contribution in [3.8, 4) is 0 Å². The van der Waals surface area contributed by atoms with E-state index in [2.05, 4.69) is 18.2 Å². The first-order chi connectivity index (χ1) is 11.7. The molecule has 0 aliphatic carbocycles. The number of halogens is 1. The van der Waals surface area contributed by atoms with Crippen LogP contribution in [0, 0.1) is 0 Å². The molecule has 2 aromatic carbocycles. The van der Waals surface area contributed by atoms with E-state index in [1.165, 1.54) is 0 Å². The smallest absolute Gasteiger partial charge is 0.328 e. The Kier molecular flexibility index (Phi) is 7.85. The van der Waals surface area contributed by atoms with Crippen LogP contribution in [-0.4, -0.2) is 22.2 Å². The lowest BCUT2D eigenvalue weighted by Gasteiger charge is -2.25. The van der Waals surface area contributed by atoms with Crippen LogP contribution in [0.1, 0.15) is 18.1 Å². The Balaban J connectivity index is 0.000000333. The largest absolute Gasteiger partial charge is 0.478 e. The Morgan fingerprint density at radius 2 is 1.60 bits per heavy atom. The highest BCUT2D eigenvalue weighted by Gasteiger charge is 2.21. The van der Waals surface area contributed by atoms with E-state index in [4.69, 9.17) is 27.5 Å². The zero-order valence-corrected chi connectivity index (χ0v) is 14.5. The van der Waals surface area contributed by atoms with Crippen molar-refractivity contribution in [1.82, 2.24) is 0 Å². The minimum atomic E-state index is -1.26. The fraction of sp³-hybridized carbons (Fsp3) is 0.158. The molecule has 0 aliphatic rings. The van der Waals surface area contributed by atoms with E-state index in [-0.39, 0.29) is 5.54 Å². The summed E-state index contributed by atoms with van der Waals surface area (Å²) in [5.41, 5.74) is 8.31. The third-order valence-corrected chi connectivity index (χ3v) is 3.50. The van der Waals surface area contributed by atoms with Crippen LogP contribution in [0.3, 0.4) is 0 Å². The van der Waals surface area contributed by atoms with Gasteiger partial charge in [-0.25, -0.2) is 9.59 Å². The number of nitrogens with two attached hydrogens (primary N) is 1. The van der Waals surface area contributed by atoms with Crippen LogP contribution in [0.5, 0.6) is 0 Å². The minimum absolute atomic E-state index is 0.369. The van der Waals surface area contributed by atoms with E-state index in [0.29, 0.717) is 12.2 Å². The summed E-state index contributed by atoms with van der Waals surface area (Å²) in [6, 6.07) is 18.0. The van der Waals surface area contributed by atoms with Gasteiger partial charge in [-0.2, -0.15) is 0 Å². The minimum Gasteiger partial charge on any atom is -0.478 e. The van der Waals surface area contributed by atoms with Gasteiger partial charge in [0.05, 0.1) is 0 Å². The van der Waals surface area contributed by atoms with Crippen LogP contribution in [0.15, 0.2) is 66.7 Å². The van der Waals surface area contributed by atoms with Crippen LogP contribution in [-0.2, 0) is 21.5 Å². The lowest BCUT2D eigenvalue weighted by atomic mass is 9.87. The molecule has 0 spiro atoms. The molecule has 0 heterocycles. The van der Waals surface area contributed by atoms with Crippen LogP contribution < -0.4 is 5.73 Å². The molecule has 4 N–H and O–H groups in total. The molecule has 0 fully saturated rings. The number of aliphatic carboxylic acids is 2. The van der Waals surface area contributed by atoms with E-state index in [9.17, 15) is 9.59 Å². The Bertz CT molecular complexity index is 726. The molecular formula is C19H20ClNO4. The van der Waals surface area contributed by atoms with Gasteiger partial charge in [0.1, 0.15) is 0 Å². The molecule has 5 nitrogen and oxygen atoms in total. The second kappa shape index (κ2) is 9.61. The topological polar surface area (TPSA) is 101 Å². The average Bonchev–Trinajstić information content (AvgIpc) is 2.54. The maximum Gasteiger partial charge on any atom is 0.328 e. The number of carbonyl (C=O) groups is 2. The Hall–Kier alpha value is -2.63. The van der Waals surface area contributed by atoms with Gasteiger partial charge in [0, 0.05) is 22.7 Å².